The zero-order valence-electron chi connectivity index (χ0n) is 13.0. The van der Waals surface area contributed by atoms with Crippen molar-refractivity contribution < 1.29 is 14.3 Å². The molecule has 6 heteroatoms. The molecule has 1 aromatic heterocycles. The summed E-state index contributed by atoms with van der Waals surface area (Å²) in [5.41, 5.74) is 2.00. The highest BCUT2D eigenvalue weighted by molar-refractivity contribution is 6.00. The molecular weight excluding hydrogens is 297 g/mol. The quantitative estimate of drug-likeness (QED) is 0.686. The molecule has 0 atom stereocenters. The number of halogens is 1. The van der Waals surface area contributed by atoms with E-state index >= 15 is 0 Å². The Hall–Kier alpha value is -2.47. The number of hydrogen-bond acceptors (Lipinski definition) is 4. The van der Waals surface area contributed by atoms with Gasteiger partial charge in [0.2, 0.25) is 0 Å². The van der Waals surface area contributed by atoms with E-state index in [2.05, 4.69) is 15.6 Å². The number of carbonyl (C=O) groups is 1. The number of carbonyl (C=O) groups excluding carboxylic acids is 1. The van der Waals surface area contributed by atoms with Crippen molar-refractivity contribution in [2.75, 3.05) is 18.5 Å². The van der Waals surface area contributed by atoms with E-state index in [1.54, 1.807) is 12.1 Å². The fourth-order valence-electron chi connectivity index (χ4n) is 2.09. The number of pyridine rings is 1. The van der Waals surface area contributed by atoms with E-state index in [-0.39, 0.29) is 18.3 Å². The monoisotopic (exact) mass is 317 g/mol. The summed E-state index contributed by atoms with van der Waals surface area (Å²) in [6.45, 7) is 2.34. The summed E-state index contributed by atoms with van der Waals surface area (Å²) in [6.07, 6.45) is 4.21. The second-order valence-corrected chi connectivity index (χ2v) is 5.05. The molecule has 0 radical (unpaired) electrons. The van der Waals surface area contributed by atoms with Crippen LogP contribution in [0.2, 0.25) is 0 Å². The van der Waals surface area contributed by atoms with Crippen molar-refractivity contribution in [3.8, 4) is 0 Å². The molecule has 0 unspecified atom stereocenters. The Balaban J connectivity index is 2.18. The summed E-state index contributed by atoms with van der Waals surface area (Å²) < 4.78 is 14.1. The molecule has 2 rings (SSSR count). The van der Waals surface area contributed by atoms with Crippen LogP contribution in [0, 0.1) is 5.82 Å². The van der Waals surface area contributed by atoms with Crippen LogP contribution in [0.15, 0.2) is 36.7 Å². The summed E-state index contributed by atoms with van der Waals surface area (Å²) in [5, 5.41) is 14.4. The topological polar surface area (TPSA) is 74.2 Å². The number of anilines is 2. The van der Waals surface area contributed by atoms with Gasteiger partial charge in [0.1, 0.15) is 5.82 Å². The van der Waals surface area contributed by atoms with E-state index < -0.39 is 0 Å². The first-order valence-corrected chi connectivity index (χ1v) is 7.54. The highest BCUT2D eigenvalue weighted by Crippen LogP contribution is 2.23. The molecule has 0 saturated carbocycles. The molecule has 1 heterocycles. The van der Waals surface area contributed by atoms with Crippen molar-refractivity contribution in [1.82, 2.24) is 10.3 Å². The fourth-order valence-corrected chi connectivity index (χ4v) is 2.09. The molecule has 0 aliphatic carbocycles. The smallest absolute Gasteiger partial charge is 0.253 e. The highest BCUT2D eigenvalue weighted by atomic mass is 19.1. The molecule has 0 fully saturated rings. The molecule has 0 saturated heterocycles. The van der Waals surface area contributed by atoms with Gasteiger partial charge in [-0.1, -0.05) is 13.0 Å². The molecule has 1 amide bonds. The lowest BCUT2D eigenvalue weighted by Crippen LogP contribution is -2.25. The van der Waals surface area contributed by atoms with Gasteiger partial charge in [0.05, 0.1) is 23.1 Å². The minimum atomic E-state index is -0.375. The van der Waals surface area contributed by atoms with Crippen LogP contribution in [0.5, 0.6) is 0 Å². The third-order valence-electron chi connectivity index (χ3n) is 3.40. The van der Waals surface area contributed by atoms with Crippen LogP contribution in [-0.2, 0) is 6.42 Å². The van der Waals surface area contributed by atoms with Crippen LogP contribution < -0.4 is 10.6 Å². The molecule has 23 heavy (non-hydrogen) atoms. The lowest BCUT2D eigenvalue weighted by Gasteiger charge is -2.12. The van der Waals surface area contributed by atoms with Crippen molar-refractivity contribution in [3.63, 3.8) is 0 Å². The van der Waals surface area contributed by atoms with Crippen LogP contribution in [0.3, 0.4) is 0 Å². The SMILES string of the molecule is CCc1ccc(Nc2cnccc2C(=O)NCCCO)c(F)c1. The zero-order valence-corrected chi connectivity index (χ0v) is 13.0. The van der Waals surface area contributed by atoms with Crippen LogP contribution in [0.25, 0.3) is 0 Å². The number of amides is 1. The van der Waals surface area contributed by atoms with Crippen molar-refractivity contribution in [3.05, 3.63) is 53.6 Å². The van der Waals surface area contributed by atoms with Gasteiger partial charge in [0.15, 0.2) is 0 Å². The number of nitrogens with zero attached hydrogens (tertiary/aromatic N) is 1. The largest absolute Gasteiger partial charge is 0.396 e. The Morgan fingerprint density at radius 3 is 2.83 bits per heavy atom. The summed E-state index contributed by atoms with van der Waals surface area (Å²) in [6, 6.07) is 6.52. The second-order valence-electron chi connectivity index (χ2n) is 5.05. The van der Waals surface area contributed by atoms with Gasteiger partial charge in [-0.15, -0.1) is 0 Å². The Bertz CT molecular complexity index is 677. The number of aryl methyl sites for hydroxylation is 1. The Kier molecular flexibility index (Phi) is 6.05. The fraction of sp³-hybridized carbons (Fsp3) is 0.294. The molecule has 3 N–H and O–H groups in total. The number of benzene rings is 1. The minimum Gasteiger partial charge on any atom is -0.396 e. The number of aliphatic hydroxyl groups excluding tert-OH is 1. The van der Waals surface area contributed by atoms with Crippen LogP contribution in [0.1, 0.15) is 29.3 Å². The average molecular weight is 317 g/mol. The summed E-state index contributed by atoms with van der Waals surface area (Å²) >= 11 is 0. The van der Waals surface area contributed by atoms with E-state index in [1.807, 2.05) is 13.0 Å². The Morgan fingerprint density at radius 2 is 2.13 bits per heavy atom. The van der Waals surface area contributed by atoms with Gasteiger partial charge in [-0.3, -0.25) is 9.78 Å². The predicted octanol–water partition coefficient (Wildman–Crippen LogP) is 2.64. The average Bonchev–Trinajstić information content (AvgIpc) is 2.57. The van der Waals surface area contributed by atoms with E-state index in [0.29, 0.717) is 29.9 Å². The molecule has 0 bridgehead atoms. The lowest BCUT2D eigenvalue weighted by atomic mass is 10.1. The predicted molar refractivity (Wildman–Crippen MR) is 87.3 cm³/mol. The third-order valence-corrected chi connectivity index (χ3v) is 3.40. The van der Waals surface area contributed by atoms with Crippen molar-refractivity contribution in [2.45, 2.75) is 19.8 Å². The molecular formula is C17H20FN3O2. The van der Waals surface area contributed by atoms with Crippen LogP contribution in [-0.4, -0.2) is 29.1 Å². The van der Waals surface area contributed by atoms with E-state index in [4.69, 9.17) is 5.11 Å². The summed E-state index contributed by atoms with van der Waals surface area (Å²) in [7, 11) is 0. The molecule has 0 aliphatic rings. The van der Waals surface area contributed by atoms with Crippen LogP contribution >= 0.6 is 0 Å². The van der Waals surface area contributed by atoms with Gasteiger partial charge in [-0.25, -0.2) is 4.39 Å². The zero-order chi connectivity index (χ0) is 16.7. The van der Waals surface area contributed by atoms with Crippen molar-refractivity contribution >= 4 is 17.3 Å². The lowest BCUT2D eigenvalue weighted by molar-refractivity contribution is 0.0952. The number of nitrogens with one attached hydrogen (secondary N) is 2. The molecule has 0 spiro atoms. The molecule has 2 aromatic rings. The standard InChI is InChI=1S/C17H20FN3O2/c1-2-12-4-5-15(14(18)10-12)21-16-11-19-8-6-13(16)17(23)20-7-3-9-22/h4-6,8,10-11,21-22H,2-3,7,9H2,1H3,(H,20,23). The van der Waals surface area contributed by atoms with Crippen molar-refractivity contribution in [1.29, 1.82) is 0 Å². The van der Waals surface area contributed by atoms with Gasteiger partial charge >= 0.3 is 0 Å². The number of aliphatic hydroxyl groups is 1. The Morgan fingerprint density at radius 1 is 1.30 bits per heavy atom. The summed E-state index contributed by atoms with van der Waals surface area (Å²) in [4.78, 5) is 16.1. The normalized spacial score (nSPS) is 10.4. The van der Waals surface area contributed by atoms with Gasteiger partial charge in [0, 0.05) is 19.3 Å². The first kappa shape index (κ1) is 16.9. The van der Waals surface area contributed by atoms with Crippen molar-refractivity contribution in [2.24, 2.45) is 0 Å². The summed E-state index contributed by atoms with van der Waals surface area (Å²) in [5.74, 6) is -0.672. The first-order valence-electron chi connectivity index (χ1n) is 7.54. The third kappa shape index (κ3) is 4.50. The van der Waals surface area contributed by atoms with E-state index in [9.17, 15) is 9.18 Å². The first-order chi connectivity index (χ1) is 11.2. The molecule has 5 nitrogen and oxygen atoms in total. The molecule has 122 valence electrons. The van der Waals surface area contributed by atoms with Gasteiger partial charge in [-0.05, 0) is 36.6 Å². The minimum absolute atomic E-state index is 0.0106. The maximum absolute atomic E-state index is 14.1. The van der Waals surface area contributed by atoms with Gasteiger partial charge in [0.25, 0.3) is 5.91 Å². The Labute approximate surface area is 134 Å². The van der Waals surface area contributed by atoms with Gasteiger partial charge < -0.3 is 15.7 Å². The van der Waals surface area contributed by atoms with Crippen LogP contribution in [0.4, 0.5) is 15.8 Å². The number of rotatable bonds is 7. The van der Waals surface area contributed by atoms with E-state index in [1.165, 1.54) is 18.5 Å². The number of aromatic nitrogens is 1. The maximum atomic E-state index is 14.1. The number of hydrogen-bond donors (Lipinski definition) is 3. The second kappa shape index (κ2) is 8.24. The molecule has 1 aromatic carbocycles. The van der Waals surface area contributed by atoms with Gasteiger partial charge in [-0.2, -0.15) is 0 Å². The van der Waals surface area contributed by atoms with E-state index in [0.717, 1.165) is 12.0 Å². The maximum Gasteiger partial charge on any atom is 0.253 e. The highest BCUT2D eigenvalue weighted by Gasteiger charge is 2.12. The molecule has 0 aliphatic heterocycles.